The quantitative estimate of drug-likeness (QED) is 0.750. The molecule has 0 radical (unpaired) electrons. The first-order valence-corrected chi connectivity index (χ1v) is 7.92. The molecule has 0 aliphatic heterocycles. The van der Waals surface area contributed by atoms with E-state index in [1.54, 1.807) is 18.3 Å². The Bertz CT molecular complexity index is 501. The van der Waals surface area contributed by atoms with Gasteiger partial charge in [0.25, 0.3) is 0 Å². The number of urea groups is 1. The third kappa shape index (κ3) is 5.71. The van der Waals surface area contributed by atoms with E-state index >= 15 is 0 Å². The number of rotatable bonds is 6. The first-order chi connectivity index (χ1) is 9.83. The van der Waals surface area contributed by atoms with Crippen molar-refractivity contribution in [3.05, 3.63) is 15.6 Å². The maximum absolute atomic E-state index is 11.8. The lowest BCUT2D eigenvalue weighted by Crippen LogP contribution is -2.49. The molecule has 1 heterocycles. The monoisotopic (exact) mass is 312 g/mol. The minimum Gasteiger partial charge on any atom is -0.352 e. The molecule has 0 aliphatic carbocycles. The van der Waals surface area contributed by atoms with Gasteiger partial charge in [-0.25, -0.2) is 9.78 Å². The molecule has 1 aromatic rings. The van der Waals surface area contributed by atoms with E-state index in [9.17, 15) is 9.59 Å². The van der Waals surface area contributed by atoms with Gasteiger partial charge < -0.3 is 16.0 Å². The highest BCUT2D eigenvalue weighted by molar-refractivity contribution is 7.11. The van der Waals surface area contributed by atoms with Gasteiger partial charge in [-0.2, -0.15) is 0 Å². The average molecular weight is 312 g/mol. The van der Waals surface area contributed by atoms with Gasteiger partial charge in [0, 0.05) is 10.9 Å². The van der Waals surface area contributed by atoms with Gasteiger partial charge >= 0.3 is 6.03 Å². The van der Waals surface area contributed by atoms with Crippen LogP contribution < -0.4 is 16.0 Å². The second kappa shape index (κ2) is 7.97. The average Bonchev–Trinajstić information content (AvgIpc) is 2.74. The summed E-state index contributed by atoms with van der Waals surface area (Å²) in [5.41, 5.74) is 0.931. The molecule has 0 bridgehead atoms. The number of carbonyl (C=O) groups is 2. The molecule has 21 heavy (non-hydrogen) atoms. The third-order valence-corrected chi connectivity index (χ3v) is 4.22. The SMILES string of the molecule is CC[C@H](C)NC(=O)[C@H](C)NC(=O)NCc1sc(C)nc1C. The Morgan fingerprint density at radius 3 is 2.43 bits per heavy atom. The highest BCUT2D eigenvalue weighted by Crippen LogP contribution is 2.16. The normalized spacial score (nSPS) is 13.4. The van der Waals surface area contributed by atoms with Crippen molar-refractivity contribution in [2.75, 3.05) is 0 Å². The minimum atomic E-state index is -0.566. The van der Waals surface area contributed by atoms with Gasteiger partial charge in [-0.3, -0.25) is 4.79 Å². The van der Waals surface area contributed by atoms with Gasteiger partial charge in [-0.05, 0) is 34.1 Å². The van der Waals surface area contributed by atoms with Gasteiger partial charge in [0.1, 0.15) is 6.04 Å². The second-order valence-corrected chi connectivity index (χ2v) is 6.40. The van der Waals surface area contributed by atoms with Crippen molar-refractivity contribution in [1.82, 2.24) is 20.9 Å². The number of hydrogen-bond donors (Lipinski definition) is 3. The number of nitrogens with zero attached hydrogens (tertiary/aromatic N) is 1. The van der Waals surface area contributed by atoms with E-state index in [1.165, 1.54) is 0 Å². The van der Waals surface area contributed by atoms with E-state index in [0.29, 0.717) is 6.54 Å². The Morgan fingerprint density at radius 2 is 1.90 bits per heavy atom. The fourth-order valence-electron chi connectivity index (χ4n) is 1.68. The maximum atomic E-state index is 11.8. The molecule has 2 atom stereocenters. The summed E-state index contributed by atoms with van der Waals surface area (Å²) in [6, 6.07) is -0.817. The third-order valence-electron chi connectivity index (χ3n) is 3.15. The number of thiazole rings is 1. The fourth-order valence-corrected chi connectivity index (χ4v) is 2.56. The minimum absolute atomic E-state index is 0.104. The van der Waals surface area contributed by atoms with Crippen LogP contribution in [0.4, 0.5) is 4.79 Å². The molecule has 0 saturated carbocycles. The first-order valence-electron chi connectivity index (χ1n) is 7.11. The Balaban J connectivity index is 2.39. The van der Waals surface area contributed by atoms with Crippen LogP contribution in [0.2, 0.25) is 0 Å². The fraction of sp³-hybridized carbons (Fsp3) is 0.643. The molecular weight excluding hydrogens is 288 g/mol. The number of amides is 3. The number of hydrogen-bond acceptors (Lipinski definition) is 4. The Morgan fingerprint density at radius 1 is 1.24 bits per heavy atom. The maximum Gasteiger partial charge on any atom is 0.315 e. The standard InChI is InChI=1S/C14H24N4O2S/c1-6-8(2)16-13(19)10(4)18-14(20)15-7-12-9(3)17-11(5)21-12/h8,10H,6-7H2,1-5H3,(H,16,19)(H2,15,18,20)/t8-,10-/m0/s1. The van der Waals surface area contributed by atoms with Crippen molar-refractivity contribution < 1.29 is 9.59 Å². The predicted molar refractivity (Wildman–Crippen MR) is 84.3 cm³/mol. The predicted octanol–water partition coefficient (Wildman–Crippen LogP) is 1.86. The molecule has 3 N–H and O–H groups in total. The van der Waals surface area contributed by atoms with Crippen molar-refractivity contribution >= 4 is 23.3 Å². The zero-order chi connectivity index (χ0) is 16.0. The summed E-state index contributed by atoms with van der Waals surface area (Å²) in [4.78, 5) is 28.9. The molecular formula is C14H24N4O2S. The summed E-state index contributed by atoms with van der Waals surface area (Å²) in [6.45, 7) is 9.86. The van der Waals surface area contributed by atoms with Crippen LogP contribution in [0.3, 0.4) is 0 Å². The molecule has 1 aromatic heterocycles. The summed E-state index contributed by atoms with van der Waals surface area (Å²) in [5.74, 6) is -0.177. The molecule has 0 aliphatic rings. The van der Waals surface area contributed by atoms with E-state index in [0.717, 1.165) is 22.0 Å². The molecule has 6 nitrogen and oxygen atoms in total. The molecule has 0 spiro atoms. The lowest BCUT2D eigenvalue weighted by Gasteiger charge is -2.17. The van der Waals surface area contributed by atoms with Gasteiger partial charge in [0.15, 0.2) is 0 Å². The van der Waals surface area contributed by atoms with Crippen molar-refractivity contribution in [3.63, 3.8) is 0 Å². The summed E-state index contributed by atoms with van der Waals surface area (Å²) < 4.78 is 0. The molecule has 0 aromatic carbocycles. The van der Waals surface area contributed by atoms with Gasteiger partial charge in [-0.1, -0.05) is 6.92 Å². The van der Waals surface area contributed by atoms with Crippen molar-refractivity contribution in [2.45, 2.75) is 59.7 Å². The lowest BCUT2D eigenvalue weighted by molar-refractivity contribution is -0.123. The van der Waals surface area contributed by atoms with Gasteiger partial charge in [-0.15, -0.1) is 11.3 Å². The van der Waals surface area contributed by atoms with Crippen LogP contribution in [-0.4, -0.2) is 29.0 Å². The van der Waals surface area contributed by atoms with E-state index in [4.69, 9.17) is 0 Å². The summed E-state index contributed by atoms with van der Waals surface area (Å²) in [5, 5.41) is 9.18. The van der Waals surface area contributed by atoms with Gasteiger partial charge in [0.2, 0.25) is 5.91 Å². The van der Waals surface area contributed by atoms with Crippen LogP contribution in [0.5, 0.6) is 0 Å². The van der Waals surface area contributed by atoms with E-state index in [-0.39, 0.29) is 18.0 Å². The first kappa shape index (κ1) is 17.4. The van der Waals surface area contributed by atoms with Crippen LogP contribution in [0.25, 0.3) is 0 Å². The van der Waals surface area contributed by atoms with Crippen LogP contribution in [0, 0.1) is 13.8 Å². The van der Waals surface area contributed by atoms with E-state index < -0.39 is 6.04 Å². The van der Waals surface area contributed by atoms with Crippen molar-refractivity contribution in [1.29, 1.82) is 0 Å². The molecule has 0 saturated heterocycles. The molecule has 3 amide bonds. The number of aromatic nitrogens is 1. The summed E-state index contributed by atoms with van der Waals surface area (Å²) in [7, 11) is 0. The highest BCUT2D eigenvalue weighted by atomic mass is 32.1. The Labute approximate surface area is 129 Å². The topological polar surface area (TPSA) is 83.1 Å². The van der Waals surface area contributed by atoms with Crippen molar-refractivity contribution in [3.8, 4) is 0 Å². The van der Waals surface area contributed by atoms with Crippen LogP contribution in [0.1, 0.15) is 42.8 Å². The molecule has 7 heteroatoms. The molecule has 1 rings (SSSR count). The molecule has 118 valence electrons. The van der Waals surface area contributed by atoms with Crippen LogP contribution >= 0.6 is 11.3 Å². The second-order valence-electron chi connectivity index (χ2n) is 5.11. The van der Waals surface area contributed by atoms with E-state index in [1.807, 2.05) is 27.7 Å². The molecule has 0 fully saturated rings. The number of carbonyl (C=O) groups excluding carboxylic acids is 2. The largest absolute Gasteiger partial charge is 0.352 e. The smallest absolute Gasteiger partial charge is 0.315 e. The summed E-state index contributed by atoms with van der Waals surface area (Å²) >= 11 is 1.56. The number of nitrogens with one attached hydrogen (secondary N) is 3. The zero-order valence-corrected chi connectivity index (χ0v) is 14.1. The zero-order valence-electron chi connectivity index (χ0n) is 13.2. The van der Waals surface area contributed by atoms with Gasteiger partial charge in [0.05, 0.1) is 17.2 Å². The lowest BCUT2D eigenvalue weighted by atomic mass is 10.2. The summed E-state index contributed by atoms with van der Waals surface area (Å²) in [6.07, 6.45) is 0.856. The van der Waals surface area contributed by atoms with Crippen LogP contribution in [0.15, 0.2) is 0 Å². The highest BCUT2D eigenvalue weighted by Gasteiger charge is 2.17. The molecule has 0 unspecified atom stereocenters. The van der Waals surface area contributed by atoms with Crippen molar-refractivity contribution in [2.24, 2.45) is 0 Å². The number of aryl methyl sites for hydroxylation is 2. The Kier molecular flexibility index (Phi) is 6.61. The Hall–Kier alpha value is -1.63. The van der Waals surface area contributed by atoms with E-state index in [2.05, 4.69) is 20.9 Å². The van der Waals surface area contributed by atoms with Crippen LogP contribution in [-0.2, 0) is 11.3 Å².